The van der Waals surface area contributed by atoms with Crippen LogP contribution >= 0.6 is 0 Å². The van der Waals surface area contributed by atoms with Crippen LogP contribution in [0.15, 0.2) is 18.2 Å². The Morgan fingerprint density at radius 2 is 1.90 bits per heavy atom. The largest absolute Gasteiger partial charge is 0.336 e. The molecular formula is C16H22N4O. The molecule has 1 fully saturated rings. The summed E-state index contributed by atoms with van der Waals surface area (Å²) in [6, 6.07) is 5.85. The number of carbonyl (C=O) groups is 1. The zero-order chi connectivity index (χ0) is 15.0. The minimum atomic E-state index is 0.119. The first-order valence-electron chi connectivity index (χ1n) is 7.53. The molecule has 112 valence electrons. The predicted octanol–water partition coefficient (Wildman–Crippen LogP) is 1.52. The molecule has 0 aliphatic carbocycles. The first kappa shape index (κ1) is 14.1. The van der Waals surface area contributed by atoms with Crippen molar-refractivity contribution in [2.45, 2.75) is 13.3 Å². The van der Waals surface area contributed by atoms with Crippen LogP contribution in [-0.2, 0) is 13.5 Å². The Morgan fingerprint density at radius 1 is 1.19 bits per heavy atom. The summed E-state index contributed by atoms with van der Waals surface area (Å²) >= 11 is 0. The number of rotatable bonds is 2. The normalized spacial score (nSPS) is 16.6. The molecule has 1 aromatic heterocycles. The van der Waals surface area contributed by atoms with Gasteiger partial charge < -0.3 is 14.4 Å². The van der Waals surface area contributed by atoms with Gasteiger partial charge in [-0.15, -0.1) is 0 Å². The van der Waals surface area contributed by atoms with E-state index in [2.05, 4.69) is 28.4 Å². The molecule has 5 nitrogen and oxygen atoms in total. The number of hydrogen-bond donors (Lipinski definition) is 0. The lowest BCUT2D eigenvalue weighted by Gasteiger charge is -2.32. The molecule has 0 radical (unpaired) electrons. The number of aromatic nitrogens is 2. The summed E-state index contributed by atoms with van der Waals surface area (Å²) in [7, 11) is 4.12. The number of hydrogen-bond acceptors (Lipinski definition) is 3. The average Bonchev–Trinajstić information content (AvgIpc) is 2.83. The van der Waals surface area contributed by atoms with Crippen molar-refractivity contribution in [2.75, 3.05) is 33.2 Å². The van der Waals surface area contributed by atoms with Crippen LogP contribution in [0.4, 0.5) is 0 Å². The second-order valence-corrected chi connectivity index (χ2v) is 5.74. The van der Waals surface area contributed by atoms with Gasteiger partial charge in [0.15, 0.2) is 0 Å². The SMILES string of the molecule is CCc1nc2cc(C(=O)N3CCN(C)CC3)ccc2n1C. The maximum Gasteiger partial charge on any atom is 0.254 e. The fourth-order valence-electron chi connectivity index (χ4n) is 2.89. The van der Waals surface area contributed by atoms with E-state index in [-0.39, 0.29) is 5.91 Å². The van der Waals surface area contributed by atoms with E-state index in [1.54, 1.807) is 0 Å². The highest BCUT2D eigenvalue weighted by Crippen LogP contribution is 2.18. The highest BCUT2D eigenvalue weighted by atomic mass is 16.2. The van der Waals surface area contributed by atoms with Crippen molar-refractivity contribution >= 4 is 16.9 Å². The molecule has 1 amide bonds. The van der Waals surface area contributed by atoms with Crippen LogP contribution in [0.25, 0.3) is 11.0 Å². The van der Waals surface area contributed by atoms with Crippen molar-refractivity contribution in [3.05, 3.63) is 29.6 Å². The highest BCUT2D eigenvalue weighted by Gasteiger charge is 2.21. The third-order valence-electron chi connectivity index (χ3n) is 4.33. The summed E-state index contributed by atoms with van der Waals surface area (Å²) < 4.78 is 2.10. The standard InChI is InChI=1S/C16H22N4O/c1-4-15-17-13-11-12(5-6-14(13)19(15)3)16(21)20-9-7-18(2)8-10-20/h5-6,11H,4,7-10H2,1-3H3. The summed E-state index contributed by atoms with van der Waals surface area (Å²) in [5, 5.41) is 0. The van der Waals surface area contributed by atoms with Gasteiger partial charge in [0.05, 0.1) is 11.0 Å². The number of imidazole rings is 1. The average molecular weight is 286 g/mol. The maximum absolute atomic E-state index is 12.6. The van der Waals surface area contributed by atoms with Crippen LogP contribution in [0, 0.1) is 0 Å². The van der Waals surface area contributed by atoms with Gasteiger partial charge in [0, 0.05) is 45.2 Å². The number of aryl methyl sites for hydroxylation is 2. The van der Waals surface area contributed by atoms with E-state index in [1.165, 1.54) is 0 Å². The van der Waals surface area contributed by atoms with Crippen LogP contribution in [0.1, 0.15) is 23.1 Å². The fourth-order valence-corrected chi connectivity index (χ4v) is 2.89. The molecule has 2 heterocycles. The van der Waals surface area contributed by atoms with E-state index < -0.39 is 0 Å². The van der Waals surface area contributed by atoms with E-state index >= 15 is 0 Å². The third-order valence-corrected chi connectivity index (χ3v) is 4.33. The van der Waals surface area contributed by atoms with E-state index in [4.69, 9.17) is 0 Å². The number of benzene rings is 1. The monoisotopic (exact) mass is 286 g/mol. The van der Waals surface area contributed by atoms with Crippen molar-refractivity contribution in [3.8, 4) is 0 Å². The van der Waals surface area contributed by atoms with Gasteiger partial charge in [0.2, 0.25) is 0 Å². The van der Waals surface area contributed by atoms with E-state index in [0.717, 1.165) is 55.0 Å². The van der Waals surface area contributed by atoms with Gasteiger partial charge in [0.1, 0.15) is 5.82 Å². The molecule has 1 aliphatic rings. The quantitative estimate of drug-likeness (QED) is 0.840. The lowest BCUT2D eigenvalue weighted by molar-refractivity contribution is 0.0664. The van der Waals surface area contributed by atoms with Gasteiger partial charge >= 0.3 is 0 Å². The van der Waals surface area contributed by atoms with Crippen LogP contribution in [0.2, 0.25) is 0 Å². The molecule has 3 rings (SSSR count). The number of carbonyl (C=O) groups excluding carboxylic acids is 1. The Balaban J connectivity index is 1.88. The Morgan fingerprint density at radius 3 is 2.57 bits per heavy atom. The van der Waals surface area contributed by atoms with Crippen molar-refractivity contribution in [1.82, 2.24) is 19.4 Å². The molecule has 1 saturated heterocycles. The molecule has 2 aromatic rings. The van der Waals surface area contributed by atoms with E-state index in [0.29, 0.717) is 0 Å². The zero-order valence-electron chi connectivity index (χ0n) is 13.0. The molecule has 0 atom stereocenters. The Kier molecular flexibility index (Phi) is 3.68. The topological polar surface area (TPSA) is 41.4 Å². The lowest BCUT2D eigenvalue weighted by atomic mass is 10.1. The molecule has 0 N–H and O–H groups in total. The number of fused-ring (bicyclic) bond motifs is 1. The Labute approximate surface area is 125 Å². The van der Waals surface area contributed by atoms with Crippen molar-refractivity contribution in [3.63, 3.8) is 0 Å². The maximum atomic E-state index is 12.6. The zero-order valence-corrected chi connectivity index (χ0v) is 13.0. The van der Waals surface area contributed by atoms with Crippen LogP contribution in [-0.4, -0.2) is 58.5 Å². The number of amides is 1. The van der Waals surface area contributed by atoms with Gasteiger partial charge in [-0.1, -0.05) is 6.92 Å². The molecule has 0 unspecified atom stereocenters. The molecule has 1 aromatic carbocycles. The molecule has 0 bridgehead atoms. The fraction of sp³-hybridized carbons (Fsp3) is 0.500. The van der Waals surface area contributed by atoms with Crippen molar-refractivity contribution in [1.29, 1.82) is 0 Å². The number of nitrogens with zero attached hydrogens (tertiary/aromatic N) is 4. The Bertz CT molecular complexity index is 668. The molecule has 0 saturated carbocycles. The molecule has 1 aliphatic heterocycles. The van der Waals surface area contributed by atoms with Crippen LogP contribution in [0.3, 0.4) is 0 Å². The molecule has 0 spiro atoms. The summed E-state index contributed by atoms with van der Waals surface area (Å²) in [5.41, 5.74) is 2.74. The lowest BCUT2D eigenvalue weighted by Crippen LogP contribution is -2.47. The van der Waals surface area contributed by atoms with Gasteiger partial charge in [-0.25, -0.2) is 4.98 Å². The van der Waals surface area contributed by atoms with E-state index in [1.807, 2.05) is 30.1 Å². The smallest absolute Gasteiger partial charge is 0.254 e. The first-order chi connectivity index (χ1) is 10.1. The van der Waals surface area contributed by atoms with Crippen molar-refractivity contribution < 1.29 is 4.79 Å². The third kappa shape index (κ3) is 2.53. The Hall–Kier alpha value is -1.88. The minimum Gasteiger partial charge on any atom is -0.336 e. The van der Waals surface area contributed by atoms with Crippen LogP contribution < -0.4 is 0 Å². The molecule has 5 heteroatoms. The molecular weight excluding hydrogens is 264 g/mol. The summed E-state index contributed by atoms with van der Waals surface area (Å²) in [5.74, 6) is 1.17. The number of piperazine rings is 1. The second-order valence-electron chi connectivity index (χ2n) is 5.74. The predicted molar refractivity (Wildman–Crippen MR) is 83.5 cm³/mol. The summed E-state index contributed by atoms with van der Waals surface area (Å²) in [4.78, 5) is 21.4. The summed E-state index contributed by atoms with van der Waals surface area (Å²) in [6.07, 6.45) is 0.896. The van der Waals surface area contributed by atoms with Gasteiger partial charge in [-0.3, -0.25) is 4.79 Å². The number of likely N-dealkylation sites (N-methyl/N-ethyl adjacent to an activating group) is 1. The first-order valence-corrected chi connectivity index (χ1v) is 7.53. The highest BCUT2D eigenvalue weighted by molar-refractivity contribution is 5.97. The van der Waals surface area contributed by atoms with Crippen molar-refractivity contribution in [2.24, 2.45) is 7.05 Å². The van der Waals surface area contributed by atoms with Gasteiger partial charge in [0.25, 0.3) is 5.91 Å². The molecule has 21 heavy (non-hydrogen) atoms. The van der Waals surface area contributed by atoms with Gasteiger partial charge in [-0.2, -0.15) is 0 Å². The van der Waals surface area contributed by atoms with Gasteiger partial charge in [-0.05, 0) is 25.2 Å². The second kappa shape index (κ2) is 5.48. The van der Waals surface area contributed by atoms with Crippen LogP contribution in [0.5, 0.6) is 0 Å². The minimum absolute atomic E-state index is 0.119. The summed E-state index contributed by atoms with van der Waals surface area (Å²) in [6.45, 7) is 5.58. The van der Waals surface area contributed by atoms with E-state index in [9.17, 15) is 4.79 Å².